The highest BCUT2D eigenvalue weighted by molar-refractivity contribution is 9.10. The van der Waals surface area contributed by atoms with Gasteiger partial charge in [-0.05, 0) is 38.3 Å². The van der Waals surface area contributed by atoms with Crippen LogP contribution in [0.4, 0.5) is 0 Å². The molecule has 2 nitrogen and oxygen atoms in total. The summed E-state index contributed by atoms with van der Waals surface area (Å²) < 4.78 is 0.766. The molecule has 0 saturated heterocycles. The molecule has 0 fully saturated rings. The van der Waals surface area contributed by atoms with Gasteiger partial charge in [0, 0.05) is 5.38 Å². The Hall–Kier alpha value is -1.23. The van der Waals surface area contributed by atoms with Gasteiger partial charge in [-0.3, -0.25) is 0 Å². The molecule has 90 valence electrons. The number of nitrogens with zero attached hydrogens (tertiary/aromatic N) is 1. The average molecular weight is 320 g/mol. The first-order valence-corrected chi connectivity index (χ1v) is 7.19. The van der Waals surface area contributed by atoms with Gasteiger partial charge in [0.2, 0.25) is 0 Å². The van der Waals surface area contributed by atoms with Crippen molar-refractivity contribution in [2.45, 2.75) is 6.10 Å². The molecule has 1 N–H and O–H groups in total. The zero-order valence-electron chi connectivity index (χ0n) is 9.38. The van der Waals surface area contributed by atoms with E-state index in [4.69, 9.17) is 0 Å². The van der Waals surface area contributed by atoms with Crippen molar-refractivity contribution in [3.8, 4) is 0 Å². The monoisotopic (exact) mass is 319 g/mol. The molecule has 1 atom stereocenters. The molecule has 4 heteroatoms. The second kappa shape index (κ2) is 4.80. The number of aromatic nitrogens is 1. The van der Waals surface area contributed by atoms with Crippen molar-refractivity contribution < 1.29 is 5.11 Å². The second-order valence-electron chi connectivity index (χ2n) is 4.02. The van der Waals surface area contributed by atoms with Crippen molar-refractivity contribution in [2.75, 3.05) is 0 Å². The third-order valence-corrected chi connectivity index (χ3v) is 4.42. The molecule has 0 bridgehead atoms. The van der Waals surface area contributed by atoms with Gasteiger partial charge in [0.25, 0.3) is 0 Å². The first-order valence-electron chi connectivity index (χ1n) is 5.52. The number of halogens is 1. The van der Waals surface area contributed by atoms with E-state index >= 15 is 0 Å². The van der Waals surface area contributed by atoms with Crippen molar-refractivity contribution in [2.24, 2.45) is 0 Å². The summed E-state index contributed by atoms with van der Waals surface area (Å²) in [6.07, 6.45) is -0.661. The summed E-state index contributed by atoms with van der Waals surface area (Å²) in [6.45, 7) is 0. The van der Waals surface area contributed by atoms with Crippen LogP contribution in [0.1, 0.15) is 16.7 Å². The van der Waals surface area contributed by atoms with Crippen molar-refractivity contribution in [3.05, 3.63) is 63.0 Å². The number of aliphatic hydroxyl groups excluding tert-OH is 1. The Bertz CT molecular complexity index is 695. The van der Waals surface area contributed by atoms with E-state index in [0.29, 0.717) is 5.01 Å². The van der Waals surface area contributed by atoms with Crippen LogP contribution in [0.5, 0.6) is 0 Å². The summed E-state index contributed by atoms with van der Waals surface area (Å²) in [4.78, 5) is 4.25. The molecule has 0 aliphatic rings. The molecule has 3 aromatic rings. The molecule has 2 aromatic carbocycles. The van der Waals surface area contributed by atoms with Crippen LogP contribution in [0.3, 0.4) is 0 Å². The average Bonchev–Trinajstić information content (AvgIpc) is 2.84. The summed E-state index contributed by atoms with van der Waals surface area (Å²) in [5, 5.41) is 15.2. The fraction of sp³-hybridized carbons (Fsp3) is 0.0714. The van der Waals surface area contributed by atoms with Crippen LogP contribution in [0, 0.1) is 0 Å². The summed E-state index contributed by atoms with van der Waals surface area (Å²) in [5.74, 6) is 0. The minimum absolute atomic E-state index is 0.661. The van der Waals surface area contributed by atoms with E-state index in [1.807, 2.05) is 41.8 Å². The second-order valence-corrected chi connectivity index (χ2v) is 5.72. The molecule has 1 aromatic heterocycles. The smallest absolute Gasteiger partial charge is 0.131 e. The lowest BCUT2D eigenvalue weighted by Crippen LogP contribution is -1.98. The lowest BCUT2D eigenvalue weighted by molar-refractivity contribution is 0.220. The van der Waals surface area contributed by atoms with E-state index < -0.39 is 6.10 Å². The lowest BCUT2D eigenvalue weighted by Gasteiger charge is -2.09. The maximum Gasteiger partial charge on any atom is 0.131 e. The first kappa shape index (κ1) is 11.8. The van der Waals surface area contributed by atoms with Gasteiger partial charge in [-0.25, -0.2) is 4.98 Å². The van der Waals surface area contributed by atoms with E-state index in [9.17, 15) is 5.11 Å². The Labute approximate surface area is 117 Å². The third kappa shape index (κ3) is 2.19. The van der Waals surface area contributed by atoms with Gasteiger partial charge in [0.15, 0.2) is 0 Å². The van der Waals surface area contributed by atoms with Gasteiger partial charge in [-0.15, -0.1) is 11.3 Å². The number of thiazole rings is 1. The minimum Gasteiger partial charge on any atom is -0.381 e. The Morgan fingerprint density at radius 3 is 2.61 bits per heavy atom. The molecule has 0 saturated carbocycles. The molecular weight excluding hydrogens is 310 g/mol. The van der Waals surface area contributed by atoms with Crippen molar-refractivity contribution in [1.29, 1.82) is 0 Å². The SMILES string of the molecule is OC(c1ccc2ccccc2c1)c1nc(Br)cs1. The Kier molecular flexibility index (Phi) is 3.16. The molecule has 0 spiro atoms. The molecule has 0 amide bonds. The zero-order valence-corrected chi connectivity index (χ0v) is 11.8. The molecular formula is C14H10BrNOS. The predicted octanol–water partition coefficient (Wildman–Crippen LogP) is 4.14. The lowest BCUT2D eigenvalue weighted by atomic mass is 10.0. The van der Waals surface area contributed by atoms with Crippen LogP contribution < -0.4 is 0 Å². The summed E-state index contributed by atoms with van der Waals surface area (Å²) >= 11 is 4.75. The van der Waals surface area contributed by atoms with E-state index in [1.54, 1.807) is 0 Å². The van der Waals surface area contributed by atoms with Gasteiger partial charge in [-0.2, -0.15) is 0 Å². The van der Waals surface area contributed by atoms with E-state index in [0.717, 1.165) is 15.6 Å². The van der Waals surface area contributed by atoms with E-state index in [-0.39, 0.29) is 0 Å². The molecule has 1 heterocycles. The summed E-state index contributed by atoms with van der Waals surface area (Å²) in [7, 11) is 0. The third-order valence-electron chi connectivity index (χ3n) is 2.82. The topological polar surface area (TPSA) is 33.1 Å². The highest BCUT2D eigenvalue weighted by Crippen LogP contribution is 2.28. The maximum absolute atomic E-state index is 10.3. The van der Waals surface area contributed by atoms with Crippen LogP contribution in [-0.2, 0) is 0 Å². The van der Waals surface area contributed by atoms with Crippen LogP contribution in [0.15, 0.2) is 52.4 Å². The molecule has 0 aliphatic heterocycles. The van der Waals surface area contributed by atoms with Crippen LogP contribution in [0.25, 0.3) is 10.8 Å². The number of aliphatic hydroxyl groups is 1. The first-order chi connectivity index (χ1) is 8.74. The molecule has 3 rings (SSSR count). The number of benzene rings is 2. The van der Waals surface area contributed by atoms with Crippen LogP contribution in [-0.4, -0.2) is 10.1 Å². The zero-order chi connectivity index (χ0) is 12.5. The van der Waals surface area contributed by atoms with Gasteiger partial charge in [-0.1, -0.05) is 36.4 Å². The Balaban J connectivity index is 2.03. The molecule has 1 unspecified atom stereocenters. The quantitative estimate of drug-likeness (QED) is 0.770. The fourth-order valence-corrected chi connectivity index (χ4v) is 3.19. The molecule has 0 radical (unpaired) electrons. The number of fused-ring (bicyclic) bond motifs is 1. The number of hydrogen-bond acceptors (Lipinski definition) is 3. The van der Waals surface area contributed by atoms with Gasteiger partial charge < -0.3 is 5.11 Å². The normalized spacial score (nSPS) is 12.8. The van der Waals surface area contributed by atoms with Gasteiger partial charge in [0.05, 0.1) is 0 Å². The Morgan fingerprint density at radius 2 is 1.89 bits per heavy atom. The van der Waals surface area contributed by atoms with Gasteiger partial charge >= 0.3 is 0 Å². The maximum atomic E-state index is 10.3. The van der Waals surface area contributed by atoms with Crippen LogP contribution in [0.2, 0.25) is 0 Å². The number of rotatable bonds is 2. The fourth-order valence-electron chi connectivity index (χ4n) is 1.91. The molecule has 0 aliphatic carbocycles. The van der Waals surface area contributed by atoms with Crippen molar-refractivity contribution in [3.63, 3.8) is 0 Å². The summed E-state index contributed by atoms with van der Waals surface area (Å²) in [6, 6.07) is 14.1. The highest BCUT2D eigenvalue weighted by atomic mass is 79.9. The van der Waals surface area contributed by atoms with Crippen molar-refractivity contribution >= 4 is 38.0 Å². The minimum atomic E-state index is -0.661. The van der Waals surface area contributed by atoms with E-state index in [2.05, 4.69) is 27.0 Å². The highest BCUT2D eigenvalue weighted by Gasteiger charge is 2.14. The van der Waals surface area contributed by atoms with Crippen LogP contribution >= 0.6 is 27.3 Å². The van der Waals surface area contributed by atoms with E-state index in [1.165, 1.54) is 16.7 Å². The Morgan fingerprint density at radius 1 is 1.11 bits per heavy atom. The largest absolute Gasteiger partial charge is 0.381 e. The van der Waals surface area contributed by atoms with Crippen molar-refractivity contribution in [1.82, 2.24) is 4.98 Å². The number of hydrogen-bond donors (Lipinski definition) is 1. The summed E-state index contributed by atoms with van der Waals surface area (Å²) in [5.41, 5.74) is 0.871. The van der Waals surface area contributed by atoms with Gasteiger partial charge in [0.1, 0.15) is 15.7 Å². The molecule has 18 heavy (non-hydrogen) atoms. The predicted molar refractivity (Wildman–Crippen MR) is 77.8 cm³/mol. The standard InChI is InChI=1S/C14H10BrNOS/c15-12-8-18-14(16-12)13(17)11-6-5-9-3-1-2-4-10(9)7-11/h1-8,13,17H.